The minimum absolute atomic E-state index is 0. The average Bonchev–Trinajstić information content (AvgIpc) is 3.78. The second-order valence-electron chi connectivity index (χ2n) is 10.3. The molecule has 0 fully saturated rings. The number of fused-ring (bicyclic) bond motifs is 20. The van der Waals surface area contributed by atoms with Gasteiger partial charge in [-0.15, -0.1) is 0 Å². The van der Waals surface area contributed by atoms with Crippen molar-refractivity contribution in [1.82, 2.24) is 39.9 Å². The maximum atomic E-state index is 6.80. The fourth-order valence-electron chi connectivity index (χ4n) is 5.75. The monoisotopic (exact) mass is 713 g/mol. The molecule has 4 aromatic carbocycles. The number of aromatic amines is 2. The van der Waals surface area contributed by atoms with Gasteiger partial charge in [0, 0.05) is 50.1 Å². The average molecular weight is 716 g/mol. The van der Waals surface area contributed by atoms with E-state index in [2.05, 4.69) is 9.97 Å². The molecule has 5 heterocycles. The summed E-state index contributed by atoms with van der Waals surface area (Å²) in [6.07, 6.45) is 0. The van der Waals surface area contributed by atoms with Crippen LogP contribution in [-0.4, -0.2) is 39.9 Å². The Morgan fingerprint density at radius 3 is 1.07 bits per heavy atom. The summed E-state index contributed by atoms with van der Waals surface area (Å²) in [5.41, 5.74) is 5.20. The summed E-state index contributed by atoms with van der Waals surface area (Å²) < 4.78 is 0. The molecule has 0 atom stereocenters. The van der Waals surface area contributed by atoms with Crippen molar-refractivity contribution in [3.05, 3.63) is 92.9 Å². The molecule has 2 aliphatic heterocycles. The van der Waals surface area contributed by atoms with Gasteiger partial charge >= 0.3 is 0 Å². The summed E-state index contributed by atoms with van der Waals surface area (Å²) in [4.78, 5) is 36.3. The molecule has 45 heavy (non-hydrogen) atoms. The molecule has 0 saturated heterocycles. The molecule has 8 bridgehead atoms. The van der Waals surface area contributed by atoms with Gasteiger partial charge in [0.2, 0.25) is 0 Å². The normalized spacial score (nSPS) is 11.8. The van der Waals surface area contributed by atoms with Crippen LogP contribution in [-0.2, 0) is 17.1 Å². The summed E-state index contributed by atoms with van der Waals surface area (Å²) in [6.45, 7) is 0. The van der Waals surface area contributed by atoms with Gasteiger partial charge in [0.1, 0.15) is 22.6 Å². The van der Waals surface area contributed by atoms with Crippen LogP contribution in [0.3, 0.4) is 0 Å². The van der Waals surface area contributed by atoms with Gasteiger partial charge in [0.15, 0.2) is 23.3 Å². The Balaban J connectivity index is 0.00000300. The number of nitrogens with zero attached hydrogens (tertiary/aromatic N) is 6. The molecule has 0 amide bonds. The first-order chi connectivity index (χ1) is 21.5. The molecule has 0 spiro atoms. The summed E-state index contributed by atoms with van der Waals surface area (Å²) in [6, 6.07) is 23.4. The van der Waals surface area contributed by atoms with Gasteiger partial charge in [0.25, 0.3) is 0 Å². The number of H-pyrrole nitrogens is 2. The van der Waals surface area contributed by atoms with E-state index in [0.717, 1.165) is 33.0 Å². The van der Waals surface area contributed by atoms with E-state index < -0.39 is 0 Å². The fraction of sp³-hybridized carbons (Fsp3) is 0. The number of aromatic nitrogens is 8. The zero-order chi connectivity index (χ0) is 29.7. The number of benzene rings is 4. The molecule has 1 radical (unpaired) electrons. The van der Waals surface area contributed by atoms with E-state index >= 15 is 0 Å². The Morgan fingerprint density at radius 2 is 0.689 bits per heavy atom. The third-order valence-corrected chi connectivity index (χ3v) is 9.57. The molecule has 9 rings (SSSR count). The third-order valence-electron chi connectivity index (χ3n) is 7.76. The Hall–Kier alpha value is -4.08. The van der Waals surface area contributed by atoms with Crippen molar-refractivity contribution in [3.63, 3.8) is 0 Å². The first-order valence-electron chi connectivity index (χ1n) is 13.4. The van der Waals surface area contributed by atoms with Gasteiger partial charge in [0.05, 0.1) is 30.9 Å². The summed E-state index contributed by atoms with van der Waals surface area (Å²) >= 11 is 26.7. The van der Waals surface area contributed by atoms with Crippen LogP contribution in [0.15, 0.2) is 72.8 Å². The van der Waals surface area contributed by atoms with Gasteiger partial charge in [-0.2, -0.15) is 0 Å². The van der Waals surface area contributed by atoms with Crippen molar-refractivity contribution in [1.29, 1.82) is 0 Å². The smallest absolute Gasteiger partial charge is 0.164 e. The molecular formula is C32H14Cl4CuN8. The first kappa shape index (κ1) is 28.4. The summed E-state index contributed by atoms with van der Waals surface area (Å²) in [7, 11) is 0. The quantitative estimate of drug-likeness (QED) is 0.0920. The zero-order valence-electron chi connectivity index (χ0n) is 22.4. The number of hydrogen-bond donors (Lipinski definition) is 2. The molecule has 221 valence electrons. The Morgan fingerprint density at radius 1 is 0.378 bits per heavy atom. The van der Waals surface area contributed by atoms with E-state index in [-0.39, 0.29) is 37.2 Å². The van der Waals surface area contributed by atoms with Crippen LogP contribution < -0.4 is 0 Å². The molecule has 13 heteroatoms. The van der Waals surface area contributed by atoms with E-state index in [9.17, 15) is 0 Å². The Bertz CT molecular complexity index is 2410. The van der Waals surface area contributed by atoms with E-state index in [1.807, 2.05) is 72.8 Å². The molecule has 0 aliphatic carbocycles. The van der Waals surface area contributed by atoms with Crippen LogP contribution in [0.1, 0.15) is 0 Å². The van der Waals surface area contributed by atoms with Crippen molar-refractivity contribution in [3.8, 4) is 45.6 Å². The SMILES string of the molecule is Clc1c(Cl)c(Cl)c2c3nc4nc(nc5[nH]c(nc6nc(nc([nH]3)c2c1Cl)-c1ccccc1-6)c1ccccc51)-c1ccccc1-4.[Cu]. The number of rotatable bonds is 0. The minimum Gasteiger partial charge on any atom is -0.324 e. The van der Waals surface area contributed by atoms with Crippen molar-refractivity contribution < 1.29 is 17.1 Å². The number of hydrogen-bond acceptors (Lipinski definition) is 6. The van der Waals surface area contributed by atoms with Crippen molar-refractivity contribution in [2.75, 3.05) is 0 Å². The van der Waals surface area contributed by atoms with Crippen LogP contribution in [0.2, 0.25) is 20.1 Å². The standard InChI is InChI=1S/C32H14Cl4N8.Cu/c33-21-19-20(22(34)24(36)23(21)35)32-43-30-18-12-6-4-10-16(18)28(41-30)39-26-14-8-2-1-7-13(14)25(37-26)38-27-15-9-3-5-11-17(15)29(40-27)42-31(19)44-32;/h1-12H,(H2,37,38,39,40,41,42,43,44);. The molecule has 2 N–H and O–H groups in total. The van der Waals surface area contributed by atoms with Crippen LogP contribution in [0, 0.1) is 0 Å². The van der Waals surface area contributed by atoms with Crippen LogP contribution in [0.4, 0.5) is 0 Å². The largest absolute Gasteiger partial charge is 0.324 e. The van der Waals surface area contributed by atoms with Crippen LogP contribution >= 0.6 is 46.4 Å². The topological polar surface area (TPSA) is 109 Å². The Kier molecular flexibility index (Phi) is 6.62. The third kappa shape index (κ3) is 4.20. The molecule has 0 saturated carbocycles. The van der Waals surface area contributed by atoms with Gasteiger partial charge in [-0.3, -0.25) is 0 Å². The second kappa shape index (κ2) is 10.5. The zero-order valence-corrected chi connectivity index (χ0v) is 26.4. The molecule has 2 aliphatic rings. The predicted molar refractivity (Wildman–Crippen MR) is 176 cm³/mol. The van der Waals surface area contributed by atoms with Gasteiger partial charge in [-0.25, -0.2) is 29.9 Å². The minimum atomic E-state index is 0. The van der Waals surface area contributed by atoms with E-state index in [0.29, 0.717) is 56.7 Å². The van der Waals surface area contributed by atoms with Crippen molar-refractivity contribution >= 4 is 90.5 Å². The van der Waals surface area contributed by atoms with Gasteiger partial charge in [-0.1, -0.05) is 119 Å². The maximum Gasteiger partial charge on any atom is 0.164 e. The fourth-order valence-corrected chi connectivity index (χ4v) is 6.78. The Labute approximate surface area is 284 Å². The summed E-state index contributed by atoms with van der Waals surface area (Å²) in [5.74, 6) is 1.85. The van der Waals surface area contributed by atoms with Crippen molar-refractivity contribution in [2.45, 2.75) is 0 Å². The van der Waals surface area contributed by atoms with Gasteiger partial charge in [-0.05, 0) is 0 Å². The molecule has 7 aromatic rings. The van der Waals surface area contributed by atoms with E-state index in [1.165, 1.54) is 0 Å². The second-order valence-corrected chi connectivity index (χ2v) is 11.8. The predicted octanol–water partition coefficient (Wildman–Crippen LogP) is 9.48. The maximum absolute atomic E-state index is 6.80. The first-order valence-corrected chi connectivity index (χ1v) is 14.9. The molecule has 0 unspecified atom stereocenters. The van der Waals surface area contributed by atoms with E-state index in [4.69, 9.17) is 76.3 Å². The van der Waals surface area contributed by atoms with Crippen molar-refractivity contribution in [2.24, 2.45) is 0 Å². The number of nitrogens with one attached hydrogen (secondary N) is 2. The molecule has 3 aromatic heterocycles. The van der Waals surface area contributed by atoms with Crippen LogP contribution in [0.25, 0.3) is 89.7 Å². The van der Waals surface area contributed by atoms with Gasteiger partial charge < -0.3 is 9.97 Å². The van der Waals surface area contributed by atoms with Crippen LogP contribution in [0.5, 0.6) is 0 Å². The number of halogens is 4. The molecule has 8 nitrogen and oxygen atoms in total. The van der Waals surface area contributed by atoms with E-state index in [1.54, 1.807) is 0 Å². The summed E-state index contributed by atoms with van der Waals surface area (Å²) in [5, 5.41) is 3.31. The molecular weight excluding hydrogens is 702 g/mol.